The summed E-state index contributed by atoms with van der Waals surface area (Å²) in [7, 11) is 0. The first-order chi connectivity index (χ1) is 8.06. The van der Waals surface area contributed by atoms with E-state index >= 15 is 0 Å². The third kappa shape index (κ3) is 3.57. The van der Waals surface area contributed by atoms with E-state index < -0.39 is 24.0 Å². The molecule has 0 fully saturated rings. The number of hydrogen-bond acceptors (Lipinski definition) is 3. The molecule has 92 valence electrons. The van der Waals surface area contributed by atoms with Crippen LogP contribution in [0.3, 0.4) is 0 Å². The number of benzene rings is 1. The number of aliphatic carboxylic acids is 1. The minimum Gasteiger partial charge on any atom is -0.480 e. The van der Waals surface area contributed by atoms with E-state index in [-0.39, 0.29) is 6.42 Å². The van der Waals surface area contributed by atoms with E-state index in [1.165, 1.54) is 0 Å². The van der Waals surface area contributed by atoms with Crippen molar-refractivity contribution in [3.8, 4) is 0 Å². The predicted molar refractivity (Wildman–Crippen MR) is 61.6 cm³/mol. The number of aliphatic hydroxyl groups is 1. The average Bonchev–Trinajstić information content (AvgIpc) is 2.35. The van der Waals surface area contributed by atoms with Crippen molar-refractivity contribution >= 4 is 11.9 Å². The zero-order chi connectivity index (χ0) is 12.8. The lowest BCUT2D eigenvalue weighted by molar-refractivity contribution is -0.142. The molecule has 17 heavy (non-hydrogen) atoms. The smallest absolute Gasteiger partial charge is 0.328 e. The first kappa shape index (κ1) is 13.2. The predicted octanol–water partition coefficient (Wildman–Crippen LogP) is 0.640. The molecule has 1 rings (SSSR count). The van der Waals surface area contributed by atoms with Crippen molar-refractivity contribution in [2.45, 2.75) is 25.5 Å². The molecule has 2 atom stereocenters. The Morgan fingerprint density at radius 3 is 2.35 bits per heavy atom. The van der Waals surface area contributed by atoms with Gasteiger partial charge < -0.3 is 15.5 Å². The average molecular weight is 237 g/mol. The number of carboxylic acids is 1. The molecule has 0 saturated heterocycles. The van der Waals surface area contributed by atoms with E-state index in [1.807, 2.05) is 0 Å². The molecule has 5 heteroatoms. The number of aliphatic hydroxyl groups excluding tert-OH is 1. The molecule has 0 radical (unpaired) electrons. The van der Waals surface area contributed by atoms with Crippen LogP contribution in [0.5, 0.6) is 0 Å². The van der Waals surface area contributed by atoms with Gasteiger partial charge in [0.25, 0.3) is 5.91 Å². The van der Waals surface area contributed by atoms with Crippen molar-refractivity contribution in [3.05, 3.63) is 35.9 Å². The van der Waals surface area contributed by atoms with E-state index in [0.717, 1.165) is 0 Å². The minimum absolute atomic E-state index is 0.256. The molecule has 0 aromatic heterocycles. The second-order valence-electron chi connectivity index (χ2n) is 3.63. The number of rotatable bonds is 5. The highest BCUT2D eigenvalue weighted by atomic mass is 16.4. The summed E-state index contributed by atoms with van der Waals surface area (Å²) >= 11 is 0. The molecule has 0 aliphatic heterocycles. The number of hydrogen-bond donors (Lipinski definition) is 3. The normalized spacial score (nSPS) is 13.8. The first-order valence-electron chi connectivity index (χ1n) is 5.33. The minimum atomic E-state index is -1.28. The van der Waals surface area contributed by atoms with Crippen LogP contribution in [0.1, 0.15) is 23.7 Å². The zero-order valence-corrected chi connectivity index (χ0v) is 9.46. The fraction of sp³-hybridized carbons (Fsp3) is 0.333. The van der Waals surface area contributed by atoms with Gasteiger partial charge in [0.2, 0.25) is 0 Å². The summed E-state index contributed by atoms with van der Waals surface area (Å²) in [5.41, 5.74) is 0.363. The van der Waals surface area contributed by atoms with Gasteiger partial charge in [0.15, 0.2) is 6.04 Å². The van der Waals surface area contributed by atoms with Gasteiger partial charge in [-0.1, -0.05) is 25.1 Å². The second-order valence-corrected chi connectivity index (χ2v) is 3.63. The van der Waals surface area contributed by atoms with E-state index in [1.54, 1.807) is 37.3 Å². The molecule has 0 spiro atoms. The third-order valence-corrected chi connectivity index (χ3v) is 2.39. The Morgan fingerprint density at radius 2 is 1.88 bits per heavy atom. The van der Waals surface area contributed by atoms with Crippen LogP contribution in [0.4, 0.5) is 0 Å². The van der Waals surface area contributed by atoms with Crippen molar-refractivity contribution < 1.29 is 19.8 Å². The van der Waals surface area contributed by atoms with Crippen LogP contribution < -0.4 is 5.32 Å². The molecule has 0 saturated carbocycles. The van der Waals surface area contributed by atoms with Crippen LogP contribution in [0.15, 0.2) is 30.3 Å². The number of amides is 1. The molecule has 1 aromatic rings. The van der Waals surface area contributed by atoms with E-state index in [4.69, 9.17) is 5.11 Å². The highest BCUT2D eigenvalue weighted by Gasteiger charge is 2.27. The SMILES string of the molecule is CC[C@@H](O)[C@@H](NC(=O)c1ccccc1)C(=O)O. The van der Waals surface area contributed by atoms with Crippen LogP contribution >= 0.6 is 0 Å². The van der Waals surface area contributed by atoms with Gasteiger partial charge in [-0.3, -0.25) is 4.79 Å². The quantitative estimate of drug-likeness (QED) is 0.701. The molecule has 3 N–H and O–H groups in total. The van der Waals surface area contributed by atoms with Gasteiger partial charge in [-0.05, 0) is 18.6 Å². The van der Waals surface area contributed by atoms with Gasteiger partial charge in [0.1, 0.15) is 0 Å². The van der Waals surface area contributed by atoms with Gasteiger partial charge in [0.05, 0.1) is 6.10 Å². The molecule has 0 bridgehead atoms. The molecular weight excluding hydrogens is 222 g/mol. The van der Waals surface area contributed by atoms with Crippen LogP contribution in [-0.4, -0.2) is 34.2 Å². The fourth-order valence-electron chi connectivity index (χ4n) is 1.37. The van der Waals surface area contributed by atoms with Crippen LogP contribution in [0.2, 0.25) is 0 Å². The summed E-state index contributed by atoms with van der Waals surface area (Å²) < 4.78 is 0. The van der Waals surface area contributed by atoms with Crippen LogP contribution in [-0.2, 0) is 4.79 Å². The molecule has 0 aliphatic carbocycles. The second kappa shape index (κ2) is 6.00. The summed E-state index contributed by atoms with van der Waals surface area (Å²) in [6.45, 7) is 1.65. The topological polar surface area (TPSA) is 86.6 Å². The van der Waals surface area contributed by atoms with E-state index in [0.29, 0.717) is 5.56 Å². The largest absolute Gasteiger partial charge is 0.480 e. The monoisotopic (exact) mass is 237 g/mol. The van der Waals surface area contributed by atoms with Gasteiger partial charge >= 0.3 is 5.97 Å². The summed E-state index contributed by atoms with van der Waals surface area (Å²) in [4.78, 5) is 22.6. The Hall–Kier alpha value is -1.88. The van der Waals surface area contributed by atoms with Crippen molar-refractivity contribution in [3.63, 3.8) is 0 Å². The van der Waals surface area contributed by atoms with E-state index in [2.05, 4.69) is 5.32 Å². The Balaban J connectivity index is 2.75. The maximum absolute atomic E-state index is 11.7. The standard InChI is InChI=1S/C12H15NO4/c1-2-9(14)10(12(16)17)13-11(15)8-6-4-3-5-7-8/h3-7,9-10,14H,2H2,1H3,(H,13,15)(H,16,17)/t9-,10-/m1/s1. The molecular formula is C12H15NO4. The maximum Gasteiger partial charge on any atom is 0.328 e. The van der Waals surface area contributed by atoms with Crippen LogP contribution in [0, 0.1) is 0 Å². The number of nitrogens with one attached hydrogen (secondary N) is 1. The summed E-state index contributed by atoms with van der Waals surface area (Å²) in [6.07, 6.45) is -0.841. The summed E-state index contributed by atoms with van der Waals surface area (Å²) in [5, 5.41) is 20.7. The van der Waals surface area contributed by atoms with Gasteiger partial charge in [-0.25, -0.2) is 4.79 Å². The summed E-state index contributed by atoms with van der Waals surface area (Å²) in [6, 6.07) is 6.99. The lowest BCUT2D eigenvalue weighted by atomic mass is 10.1. The molecule has 0 aliphatic rings. The molecule has 1 amide bonds. The Kier molecular flexibility index (Phi) is 4.66. The molecule has 5 nitrogen and oxygen atoms in total. The highest BCUT2D eigenvalue weighted by Crippen LogP contribution is 2.03. The Labute approximate surface area is 99.1 Å². The van der Waals surface area contributed by atoms with Crippen molar-refractivity contribution in [2.75, 3.05) is 0 Å². The van der Waals surface area contributed by atoms with Gasteiger partial charge in [-0.15, -0.1) is 0 Å². The third-order valence-electron chi connectivity index (χ3n) is 2.39. The Bertz CT molecular complexity index is 391. The lowest BCUT2D eigenvalue weighted by Crippen LogP contribution is -2.48. The van der Waals surface area contributed by atoms with Crippen molar-refractivity contribution in [2.24, 2.45) is 0 Å². The number of carbonyl (C=O) groups is 2. The highest BCUT2D eigenvalue weighted by molar-refractivity contribution is 5.96. The van der Waals surface area contributed by atoms with Gasteiger partial charge in [0, 0.05) is 5.56 Å². The Morgan fingerprint density at radius 1 is 1.29 bits per heavy atom. The number of carbonyl (C=O) groups excluding carboxylic acids is 1. The lowest BCUT2D eigenvalue weighted by Gasteiger charge is -2.19. The molecule has 1 aromatic carbocycles. The van der Waals surface area contributed by atoms with E-state index in [9.17, 15) is 14.7 Å². The fourth-order valence-corrected chi connectivity index (χ4v) is 1.37. The molecule has 0 unspecified atom stereocenters. The van der Waals surface area contributed by atoms with Crippen molar-refractivity contribution in [1.82, 2.24) is 5.32 Å². The summed E-state index contributed by atoms with van der Waals surface area (Å²) in [5.74, 6) is -1.76. The first-order valence-corrected chi connectivity index (χ1v) is 5.33. The maximum atomic E-state index is 11.7. The van der Waals surface area contributed by atoms with Gasteiger partial charge in [-0.2, -0.15) is 0 Å². The number of carboxylic acid groups (broad SMARTS) is 1. The van der Waals surface area contributed by atoms with Crippen LogP contribution in [0.25, 0.3) is 0 Å². The van der Waals surface area contributed by atoms with Crippen molar-refractivity contribution in [1.29, 1.82) is 0 Å². The molecule has 0 heterocycles. The zero-order valence-electron chi connectivity index (χ0n) is 9.46.